The average Bonchev–Trinajstić information content (AvgIpc) is 3.22. The molecule has 130 valence electrons. The van der Waals surface area contributed by atoms with Crippen LogP contribution < -0.4 is 10.9 Å². The summed E-state index contributed by atoms with van der Waals surface area (Å²) in [5.74, 6) is 0.615. The minimum atomic E-state index is 0.0330. The number of aryl methyl sites for hydroxylation is 2. The zero-order valence-corrected chi connectivity index (χ0v) is 16.0. The molecule has 1 aliphatic carbocycles. The lowest BCUT2D eigenvalue weighted by Crippen LogP contribution is -2.17. The maximum atomic E-state index is 12.5. The van der Waals surface area contributed by atoms with Gasteiger partial charge in [-0.2, -0.15) is 0 Å². The molecule has 0 atom stereocenters. The third kappa shape index (κ3) is 3.49. The van der Waals surface area contributed by atoms with Gasteiger partial charge in [-0.3, -0.25) is 9.20 Å². The number of aromatic nitrogens is 4. The number of nitrogens with one attached hydrogen (secondary N) is 1. The molecule has 1 N–H and O–H groups in total. The van der Waals surface area contributed by atoms with Gasteiger partial charge in [0, 0.05) is 28.9 Å². The van der Waals surface area contributed by atoms with Crippen molar-refractivity contribution < 1.29 is 0 Å². The van der Waals surface area contributed by atoms with Crippen LogP contribution in [0.3, 0.4) is 0 Å². The molecule has 0 bridgehead atoms. The molecule has 0 aromatic carbocycles. The van der Waals surface area contributed by atoms with Crippen LogP contribution in [-0.4, -0.2) is 26.1 Å². The molecule has 0 saturated carbocycles. The summed E-state index contributed by atoms with van der Waals surface area (Å²) in [6.07, 6.45) is 6.19. The second-order valence-electron chi connectivity index (χ2n) is 5.71. The SMILES string of the molecule is C=CCNc1nnc(SCc2cc(=O)n3c4c(sc3n2)CCCC4)s1. The number of hydrogen-bond acceptors (Lipinski definition) is 8. The van der Waals surface area contributed by atoms with Crippen LogP contribution in [0.4, 0.5) is 5.13 Å². The molecule has 0 spiro atoms. The van der Waals surface area contributed by atoms with E-state index in [1.807, 2.05) is 0 Å². The Balaban J connectivity index is 1.53. The normalized spacial score (nSPS) is 13.8. The molecule has 1 aliphatic rings. The van der Waals surface area contributed by atoms with E-state index in [1.165, 1.54) is 28.3 Å². The van der Waals surface area contributed by atoms with Crippen molar-refractivity contribution in [3.05, 3.63) is 45.3 Å². The van der Waals surface area contributed by atoms with E-state index in [-0.39, 0.29) is 5.56 Å². The molecule has 0 radical (unpaired) electrons. The number of rotatable bonds is 6. The fraction of sp³-hybridized carbons (Fsp3) is 0.375. The number of nitrogens with zero attached hydrogens (tertiary/aromatic N) is 4. The molecule has 3 heterocycles. The van der Waals surface area contributed by atoms with Crippen molar-refractivity contribution in [2.75, 3.05) is 11.9 Å². The molecule has 9 heteroatoms. The van der Waals surface area contributed by atoms with E-state index in [0.717, 1.165) is 39.4 Å². The van der Waals surface area contributed by atoms with Crippen molar-refractivity contribution in [3.8, 4) is 0 Å². The highest BCUT2D eigenvalue weighted by Crippen LogP contribution is 2.30. The molecule has 0 fully saturated rings. The smallest absolute Gasteiger partial charge is 0.259 e. The van der Waals surface area contributed by atoms with E-state index >= 15 is 0 Å². The Hall–Kier alpha value is -1.71. The maximum Gasteiger partial charge on any atom is 0.259 e. The van der Waals surface area contributed by atoms with Crippen LogP contribution in [0.5, 0.6) is 0 Å². The van der Waals surface area contributed by atoms with Crippen molar-refractivity contribution in [2.45, 2.75) is 35.8 Å². The molecule has 6 nitrogen and oxygen atoms in total. The highest BCUT2D eigenvalue weighted by atomic mass is 32.2. The summed E-state index contributed by atoms with van der Waals surface area (Å²) in [4.78, 5) is 19.4. The highest BCUT2D eigenvalue weighted by molar-refractivity contribution is 8.00. The third-order valence-corrected chi connectivity index (χ3v) is 7.15. The summed E-state index contributed by atoms with van der Waals surface area (Å²) in [6, 6.07) is 1.65. The predicted molar refractivity (Wildman–Crippen MR) is 104 cm³/mol. The first-order valence-corrected chi connectivity index (χ1v) is 10.7. The summed E-state index contributed by atoms with van der Waals surface area (Å²) in [7, 11) is 0. The second kappa shape index (κ2) is 7.27. The van der Waals surface area contributed by atoms with E-state index < -0.39 is 0 Å². The van der Waals surface area contributed by atoms with Crippen LogP contribution in [0.15, 0.2) is 27.9 Å². The molecule has 3 aromatic rings. The molecule has 0 unspecified atom stereocenters. The van der Waals surface area contributed by atoms with E-state index in [2.05, 4.69) is 22.1 Å². The first-order valence-electron chi connectivity index (χ1n) is 8.09. The van der Waals surface area contributed by atoms with Gasteiger partial charge in [0.15, 0.2) is 9.30 Å². The van der Waals surface area contributed by atoms with E-state index in [0.29, 0.717) is 12.3 Å². The van der Waals surface area contributed by atoms with E-state index in [4.69, 9.17) is 4.98 Å². The summed E-state index contributed by atoms with van der Waals surface area (Å²) in [5, 5.41) is 12.1. The molecule has 0 amide bonds. The number of fused-ring (bicyclic) bond motifs is 3. The molecular formula is C16H17N5OS3. The van der Waals surface area contributed by atoms with Gasteiger partial charge < -0.3 is 5.32 Å². The van der Waals surface area contributed by atoms with Crippen molar-refractivity contribution in [2.24, 2.45) is 0 Å². The quantitative estimate of drug-likeness (QED) is 0.513. The molecular weight excluding hydrogens is 374 g/mol. The molecule has 0 saturated heterocycles. The van der Waals surface area contributed by atoms with Gasteiger partial charge in [0.05, 0.1) is 5.69 Å². The largest absolute Gasteiger partial charge is 0.357 e. The van der Waals surface area contributed by atoms with Gasteiger partial charge in [-0.1, -0.05) is 29.2 Å². The van der Waals surface area contributed by atoms with E-state index in [1.54, 1.807) is 39.6 Å². The first-order chi connectivity index (χ1) is 12.2. The van der Waals surface area contributed by atoms with Crippen molar-refractivity contribution in [1.82, 2.24) is 19.6 Å². The van der Waals surface area contributed by atoms with Gasteiger partial charge in [0.2, 0.25) is 5.13 Å². The minimum absolute atomic E-state index is 0.0330. The lowest BCUT2D eigenvalue weighted by molar-refractivity contribution is 0.670. The lowest BCUT2D eigenvalue weighted by Gasteiger charge is -2.09. The van der Waals surface area contributed by atoms with Crippen LogP contribution in [0, 0.1) is 0 Å². The summed E-state index contributed by atoms with van der Waals surface area (Å²) < 4.78 is 2.66. The van der Waals surface area contributed by atoms with Crippen molar-refractivity contribution in [3.63, 3.8) is 0 Å². The monoisotopic (exact) mass is 391 g/mol. The summed E-state index contributed by atoms with van der Waals surface area (Å²) in [5.41, 5.74) is 2.00. The maximum absolute atomic E-state index is 12.5. The van der Waals surface area contributed by atoms with Gasteiger partial charge in [-0.25, -0.2) is 4.98 Å². The average molecular weight is 392 g/mol. The van der Waals surface area contributed by atoms with E-state index in [9.17, 15) is 4.79 Å². The molecule has 3 aromatic heterocycles. The van der Waals surface area contributed by atoms with Gasteiger partial charge in [0.25, 0.3) is 5.56 Å². The van der Waals surface area contributed by atoms with Crippen LogP contribution in [-0.2, 0) is 18.6 Å². The molecule has 25 heavy (non-hydrogen) atoms. The van der Waals surface area contributed by atoms with Crippen LogP contribution in [0.1, 0.15) is 29.1 Å². The van der Waals surface area contributed by atoms with Crippen LogP contribution in [0.25, 0.3) is 4.96 Å². The number of thioether (sulfide) groups is 1. The topological polar surface area (TPSA) is 72.2 Å². The van der Waals surface area contributed by atoms with Crippen LogP contribution in [0.2, 0.25) is 0 Å². The standard InChI is InChI=1S/C16H17N5OS3/c1-2-7-17-14-19-20-16(25-14)23-9-10-8-13(22)21-11-5-3-4-6-12(11)24-15(21)18-10/h2,8H,1,3-7,9H2,(H,17,19). The fourth-order valence-corrected chi connectivity index (χ4v) is 5.73. The number of hydrogen-bond donors (Lipinski definition) is 1. The Morgan fingerprint density at radius 3 is 3.08 bits per heavy atom. The number of anilines is 1. The first kappa shape index (κ1) is 16.7. The van der Waals surface area contributed by atoms with Gasteiger partial charge in [-0.05, 0) is 25.7 Å². The summed E-state index contributed by atoms with van der Waals surface area (Å²) in [6.45, 7) is 4.33. The van der Waals surface area contributed by atoms with Gasteiger partial charge in [-0.15, -0.1) is 28.1 Å². The zero-order valence-electron chi connectivity index (χ0n) is 13.5. The predicted octanol–water partition coefficient (Wildman–Crippen LogP) is 3.38. The Morgan fingerprint density at radius 1 is 1.32 bits per heavy atom. The van der Waals surface area contributed by atoms with Gasteiger partial charge in [0.1, 0.15) is 0 Å². The Kier molecular flexibility index (Phi) is 4.87. The summed E-state index contributed by atoms with van der Waals surface area (Å²) >= 11 is 4.71. The second-order valence-corrected chi connectivity index (χ2v) is 8.98. The number of thiazole rings is 1. The minimum Gasteiger partial charge on any atom is -0.357 e. The van der Waals surface area contributed by atoms with Crippen LogP contribution >= 0.6 is 34.4 Å². The third-order valence-electron chi connectivity index (χ3n) is 3.96. The molecule has 0 aliphatic heterocycles. The molecule has 4 rings (SSSR count). The fourth-order valence-electron chi connectivity index (χ4n) is 2.85. The van der Waals surface area contributed by atoms with Crippen molar-refractivity contribution in [1.29, 1.82) is 0 Å². The van der Waals surface area contributed by atoms with Crippen molar-refractivity contribution >= 4 is 44.5 Å². The highest BCUT2D eigenvalue weighted by Gasteiger charge is 2.18. The Morgan fingerprint density at radius 2 is 2.20 bits per heavy atom. The zero-order chi connectivity index (χ0) is 17.2. The lowest BCUT2D eigenvalue weighted by atomic mass is 10.0. The Labute approximate surface area is 157 Å². The van der Waals surface area contributed by atoms with Gasteiger partial charge >= 0.3 is 0 Å². The Bertz CT molecular complexity index is 974.